The number of amides is 2. The molecule has 4 atom stereocenters. The molecule has 0 spiro atoms. The van der Waals surface area contributed by atoms with E-state index in [-0.39, 0.29) is 41.3 Å². The number of carbonyl (C=O) groups excluding carboxylic acids is 3. The topological polar surface area (TPSA) is 63.2 Å². The molecule has 2 bridgehead atoms. The minimum absolute atomic E-state index is 0.129. The van der Waals surface area contributed by atoms with Crippen LogP contribution in [0, 0.1) is 23.7 Å². The highest BCUT2D eigenvalue weighted by Gasteiger charge is 2.57. The van der Waals surface area contributed by atoms with Crippen molar-refractivity contribution in [1.82, 2.24) is 5.32 Å². The third-order valence-electron chi connectivity index (χ3n) is 3.91. The van der Waals surface area contributed by atoms with Gasteiger partial charge in [0.2, 0.25) is 11.8 Å². The van der Waals surface area contributed by atoms with Crippen molar-refractivity contribution in [2.75, 3.05) is 0 Å². The first-order valence-corrected chi connectivity index (χ1v) is 5.06. The van der Waals surface area contributed by atoms with Crippen LogP contribution in [0.4, 0.5) is 0 Å². The number of fused-ring (bicyclic) bond motifs is 2. The Morgan fingerprint density at radius 3 is 2.43 bits per heavy atom. The molecule has 1 heterocycles. The Bertz CT molecular complexity index is 349. The quantitative estimate of drug-likeness (QED) is 0.545. The van der Waals surface area contributed by atoms with Gasteiger partial charge in [-0.15, -0.1) is 0 Å². The van der Waals surface area contributed by atoms with E-state index in [0.29, 0.717) is 6.42 Å². The van der Waals surface area contributed by atoms with Crippen LogP contribution in [0.3, 0.4) is 0 Å². The lowest BCUT2D eigenvalue weighted by molar-refractivity contribution is -0.143. The van der Waals surface area contributed by atoms with Crippen molar-refractivity contribution >= 4 is 17.6 Å². The highest BCUT2D eigenvalue weighted by atomic mass is 16.2. The molecule has 3 aliphatic carbocycles. The van der Waals surface area contributed by atoms with Crippen LogP contribution in [0.25, 0.3) is 0 Å². The normalized spacial score (nSPS) is 45.3. The number of ketones is 1. The minimum Gasteiger partial charge on any atom is -0.299 e. The standard InChI is InChI=1S/C10H11NO3/c12-6-3-4-1-2-5(6)8-7(4)9(13)11-10(8)14/h4-5,7-8H,1-3H2,(H,11,13,14). The van der Waals surface area contributed by atoms with Gasteiger partial charge < -0.3 is 0 Å². The zero-order valence-electron chi connectivity index (χ0n) is 7.66. The molecule has 2 amide bonds. The summed E-state index contributed by atoms with van der Waals surface area (Å²) in [7, 11) is 0. The van der Waals surface area contributed by atoms with E-state index in [0.717, 1.165) is 12.8 Å². The predicted molar refractivity (Wildman–Crippen MR) is 46.0 cm³/mol. The van der Waals surface area contributed by atoms with Crippen LogP contribution in [-0.2, 0) is 14.4 Å². The number of carbonyl (C=O) groups is 3. The monoisotopic (exact) mass is 193 g/mol. The van der Waals surface area contributed by atoms with E-state index >= 15 is 0 Å². The largest absolute Gasteiger partial charge is 0.299 e. The summed E-state index contributed by atoms with van der Waals surface area (Å²) < 4.78 is 0. The number of hydrogen-bond acceptors (Lipinski definition) is 3. The van der Waals surface area contributed by atoms with Crippen LogP contribution < -0.4 is 5.32 Å². The Balaban J connectivity index is 2.04. The van der Waals surface area contributed by atoms with Gasteiger partial charge in [0.25, 0.3) is 0 Å². The van der Waals surface area contributed by atoms with Gasteiger partial charge in [-0.3, -0.25) is 19.7 Å². The van der Waals surface area contributed by atoms with Crippen molar-refractivity contribution in [3.63, 3.8) is 0 Å². The molecular formula is C10H11NO3. The molecule has 14 heavy (non-hydrogen) atoms. The van der Waals surface area contributed by atoms with Crippen LogP contribution in [0.5, 0.6) is 0 Å². The van der Waals surface area contributed by atoms with Crippen molar-refractivity contribution in [1.29, 1.82) is 0 Å². The Morgan fingerprint density at radius 1 is 1.00 bits per heavy atom. The maximum Gasteiger partial charge on any atom is 0.231 e. The first-order valence-electron chi connectivity index (χ1n) is 5.06. The maximum absolute atomic E-state index is 11.6. The van der Waals surface area contributed by atoms with E-state index in [1.165, 1.54) is 0 Å². The van der Waals surface area contributed by atoms with Gasteiger partial charge in [-0.05, 0) is 18.8 Å². The van der Waals surface area contributed by atoms with Crippen LogP contribution in [0.1, 0.15) is 19.3 Å². The summed E-state index contributed by atoms with van der Waals surface area (Å²) in [5.74, 6) is -0.751. The average molecular weight is 193 g/mol. The Morgan fingerprint density at radius 2 is 1.71 bits per heavy atom. The van der Waals surface area contributed by atoms with Gasteiger partial charge in [-0.2, -0.15) is 0 Å². The number of imide groups is 1. The van der Waals surface area contributed by atoms with Gasteiger partial charge in [-0.1, -0.05) is 0 Å². The molecule has 0 aromatic heterocycles. The summed E-state index contributed by atoms with van der Waals surface area (Å²) in [6, 6.07) is 0. The van der Waals surface area contributed by atoms with Crippen molar-refractivity contribution < 1.29 is 14.4 Å². The molecule has 0 aromatic carbocycles. The molecule has 1 N–H and O–H groups in total. The van der Waals surface area contributed by atoms with Gasteiger partial charge in [0.05, 0.1) is 11.8 Å². The lowest BCUT2D eigenvalue weighted by atomic mass is 9.59. The molecule has 4 heteroatoms. The lowest BCUT2D eigenvalue weighted by Crippen LogP contribution is -2.46. The SMILES string of the molecule is O=C1CC2CCC1C1C(=O)NC(=O)C21. The number of hydrogen-bond donors (Lipinski definition) is 1. The van der Waals surface area contributed by atoms with Gasteiger partial charge in [0, 0.05) is 12.3 Å². The van der Waals surface area contributed by atoms with E-state index in [1.807, 2.05) is 0 Å². The first-order chi connectivity index (χ1) is 6.68. The molecule has 4 fully saturated rings. The second-order valence-corrected chi connectivity index (χ2v) is 4.52. The molecular weight excluding hydrogens is 182 g/mol. The van der Waals surface area contributed by atoms with Crippen LogP contribution in [0.2, 0.25) is 0 Å². The second kappa shape index (κ2) is 2.43. The molecule has 3 saturated carbocycles. The van der Waals surface area contributed by atoms with Crippen LogP contribution in [0.15, 0.2) is 0 Å². The Labute approximate surface area is 81.0 Å². The maximum atomic E-state index is 11.6. The van der Waals surface area contributed by atoms with Crippen LogP contribution >= 0.6 is 0 Å². The van der Waals surface area contributed by atoms with E-state index in [1.54, 1.807) is 0 Å². The van der Waals surface area contributed by atoms with Crippen molar-refractivity contribution in [2.24, 2.45) is 23.7 Å². The van der Waals surface area contributed by atoms with E-state index in [9.17, 15) is 14.4 Å². The Kier molecular flexibility index (Phi) is 1.42. The third kappa shape index (κ3) is 0.811. The highest BCUT2D eigenvalue weighted by molar-refractivity contribution is 6.08. The summed E-state index contributed by atoms with van der Waals surface area (Å²) in [6.45, 7) is 0. The fourth-order valence-corrected chi connectivity index (χ4v) is 3.31. The first kappa shape index (κ1) is 8.15. The molecule has 4 unspecified atom stereocenters. The van der Waals surface area contributed by atoms with E-state index in [4.69, 9.17) is 0 Å². The summed E-state index contributed by atoms with van der Waals surface area (Å²) in [4.78, 5) is 34.5. The number of nitrogens with one attached hydrogen (secondary N) is 1. The zero-order valence-corrected chi connectivity index (χ0v) is 7.66. The van der Waals surface area contributed by atoms with Crippen molar-refractivity contribution in [3.8, 4) is 0 Å². The van der Waals surface area contributed by atoms with Gasteiger partial charge in [-0.25, -0.2) is 0 Å². The third-order valence-corrected chi connectivity index (χ3v) is 3.91. The molecule has 4 nitrogen and oxygen atoms in total. The zero-order chi connectivity index (χ0) is 9.87. The summed E-state index contributed by atoms with van der Waals surface area (Å²) >= 11 is 0. The van der Waals surface area contributed by atoms with Gasteiger partial charge in [0.15, 0.2) is 0 Å². The molecule has 1 saturated heterocycles. The summed E-state index contributed by atoms with van der Waals surface area (Å²) in [6.07, 6.45) is 2.23. The molecule has 0 aromatic rings. The van der Waals surface area contributed by atoms with Crippen LogP contribution in [-0.4, -0.2) is 17.6 Å². The fourth-order valence-electron chi connectivity index (χ4n) is 3.31. The van der Waals surface area contributed by atoms with E-state index < -0.39 is 0 Å². The molecule has 74 valence electrons. The predicted octanol–water partition coefficient (Wildman–Crippen LogP) is -0.126. The van der Waals surface area contributed by atoms with Crippen molar-refractivity contribution in [3.05, 3.63) is 0 Å². The average Bonchev–Trinajstić information content (AvgIpc) is 2.45. The van der Waals surface area contributed by atoms with E-state index in [2.05, 4.69) is 5.32 Å². The lowest BCUT2D eigenvalue weighted by Gasteiger charge is -2.41. The molecule has 0 radical (unpaired) electrons. The highest BCUT2D eigenvalue weighted by Crippen LogP contribution is 2.49. The fraction of sp³-hybridized carbons (Fsp3) is 0.700. The number of rotatable bonds is 0. The smallest absolute Gasteiger partial charge is 0.231 e. The van der Waals surface area contributed by atoms with Crippen molar-refractivity contribution in [2.45, 2.75) is 19.3 Å². The minimum atomic E-state index is -0.331. The number of Topliss-reactive ketones (excluding diaryl/α,β-unsaturated/α-hetero) is 1. The second-order valence-electron chi connectivity index (χ2n) is 4.52. The summed E-state index contributed by atoms with van der Waals surface area (Å²) in [5.41, 5.74) is 0. The van der Waals surface area contributed by atoms with Gasteiger partial charge in [0.1, 0.15) is 5.78 Å². The Hall–Kier alpha value is -1.19. The molecule has 4 aliphatic rings. The molecule has 4 rings (SSSR count). The van der Waals surface area contributed by atoms with Gasteiger partial charge >= 0.3 is 0 Å². The summed E-state index contributed by atoms with van der Waals surface area (Å²) in [5, 5.41) is 2.35. The molecule has 1 aliphatic heterocycles.